The molecule has 0 amide bonds. The van der Waals surface area contributed by atoms with Crippen molar-refractivity contribution in [2.45, 2.75) is 13.8 Å². The summed E-state index contributed by atoms with van der Waals surface area (Å²) in [5.74, 6) is 0. The molecule has 19 heavy (non-hydrogen) atoms. The monoisotopic (exact) mass is 288 g/mol. The van der Waals surface area contributed by atoms with E-state index in [2.05, 4.69) is 24.1 Å². The van der Waals surface area contributed by atoms with Crippen molar-refractivity contribution in [3.05, 3.63) is 52.5 Å². The van der Waals surface area contributed by atoms with Gasteiger partial charge in [-0.3, -0.25) is 0 Å². The van der Waals surface area contributed by atoms with E-state index in [1.165, 1.54) is 11.1 Å². The highest BCUT2D eigenvalue weighted by molar-refractivity contribution is 7.22. The summed E-state index contributed by atoms with van der Waals surface area (Å²) in [6.07, 6.45) is 0. The predicted molar refractivity (Wildman–Crippen MR) is 83.8 cm³/mol. The molecule has 0 aliphatic rings. The molecule has 3 aromatic rings. The molecule has 1 aromatic heterocycles. The molecule has 0 fully saturated rings. The number of nitrogens with one attached hydrogen (secondary N) is 1. The molecular weight excluding hydrogens is 276 g/mol. The normalized spacial score (nSPS) is 10.9. The van der Waals surface area contributed by atoms with Gasteiger partial charge >= 0.3 is 0 Å². The summed E-state index contributed by atoms with van der Waals surface area (Å²) in [6.45, 7) is 4.18. The fourth-order valence-electron chi connectivity index (χ4n) is 1.98. The van der Waals surface area contributed by atoms with Gasteiger partial charge in [0, 0.05) is 5.69 Å². The van der Waals surface area contributed by atoms with Crippen LogP contribution in [0.3, 0.4) is 0 Å². The Bertz CT molecular complexity index is 735. The first-order chi connectivity index (χ1) is 9.15. The molecule has 0 aliphatic carbocycles. The Balaban J connectivity index is 2.07. The minimum absolute atomic E-state index is 0.718. The van der Waals surface area contributed by atoms with Crippen molar-refractivity contribution in [1.82, 2.24) is 4.98 Å². The molecule has 96 valence electrons. The molecule has 0 aliphatic heterocycles. The summed E-state index contributed by atoms with van der Waals surface area (Å²) in [5, 5.41) is 4.91. The van der Waals surface area contributed by atoms with Crippen LogP contribution in [0.5, 0.6) is 0 Å². The second kappa shape index (κ2) is 4.83. The molecule has 1 N–H and O–H groups in total. The van der Waals surface area contributed by atoms with Crippen molar-refractivity contribution in [3.63, 3.8) is 0 Å². The molecule has 3 rings (SSSR count). The minimum atomic E-state index is 0.718. The number of aryl methyl sites for hydroxylation is 2. The van der Waals surface area contributed by atoms with Gasteiger partial charge in [-0.25, -0.2) is 4.98 Å². The molecule has 2 nitrogen and oxygen atoms in total. The standard InChI is InChI=1S/C15H13ClN2S/c1-9-8-12(16)13-14(10(9)2)19-15(18-13)17-11-6-4-3-5-7-11/h3-8H,1-2H3,(H,17,18). The lowest BCUT2D eigenvalue weighted by molar-refractivity contribution is 1.37. The maximum atomic E-state index is 6.27. The van der Waals surface area contributed by atoms with Gasteiger partial charge in [0.15, 0.2) is 5.13 Å². The van der Waals surface area contributed by atoms with Gasteiger partial charge in [0.2, 0.25) is 0 Å². The first-order valence-electron chi connectivity index (χ1n) is 6.03. The van der Waals surface area contributed by atoms with Crippen molar-refractivity contribution in [1.29, 1.82) is 0 Å². The second-order valence-electron chi connectivity index (χ2n) is 4.49. The molecule has 0 spiro atoms. The summed E-state index contributed by atoms with van der Waals surface area (Å²) in [7, 11) is 0. The third-order valence-electron chi connectivity index (χ3n) is 3.15. The average Bonchev–Trinajstić information content (AvgIpc) is 2.82. The van der Waals surface area contributed by atoms with Crippen LogP contribution in [0.1, 0.15) is 11.1 Å². The Kier molecular flexibility index (Phi) is 3.17. The Labute approximate surface area is 121 Å². The number of hydrogen-bond acceptors (Lipinski definition) is 3. The lowest BCUT2D eigenvalue weighted by atomic mass is 10.1. The van der Waals surface area contributed by atoms with Gasteiger partial charge in [0.25, 0.3) is 0 Å². The number of rotatable bonds is 2. The third-order valence-corrected chi connectivity index (χ3v) is 4.53. The fourth-order valence-corrected chi connectivity index (χ4v) is 3.40. The van der Waals surface area contributed by atoms with Crippen molar-refractivity contribution in [2.75, 3.05) is 5.32 Å². The highest BCUT2D eigenvalue weighted by Gasteiger charge is 2.11. The zero-order chi connectivity index (χ0) is 13.4. The molecule has 0 saturated carbocycles. The van der Waals surface area contributed by atoms with Gasteiger partial charge < -0.3 is 5.32 Å². The predicted octanol–water partition coefficient (Wildman–Crippen LogP) is 5.31. The number of anilines is 2. The van der Waals surface area contributed by atoms with Crippen LogP contribution in [0.15, 0.2) is 36.4 Å². The van der Waals surface area contributed by atoms with Crippen LogP contribution in [0.2, 0.25) is 5.02 Å². The molecule has 4 heteroatoms. The molecule has 0 saturated heterocycles. The van der Waals surface area contributed by atoms with Crippen LogP contribution in [-0.4, -0.2) is 4.98 Å². The number of benzene rings is 2. The first kappa shape index (κ1) is 12.5. The van der Waals surface area contributed by atoms with E-state index in [0.29, 0.717) is 0 Å². The third kappa shape index (κ3) is 2.31. The van der Waals surface area contributed by atoms with E-state index in [-0.39, 0.29) is 0 Å². The molecule has 0 unspecified atom stereocenters. The van der Waals surface area contributed by atoms with Crippen LogP contribution < -0.4 is 5.32 Å². The highest BCUT2D eigenvalue weighted by atomic mass is 35.5. The van der Waals surface area contributed by atoms with Crippen LogP contribution in [0, 0.1) is 13.8 Å². The summed E-state index contributed by atoms with van der Waals surface area (Å²) in [6, 6.07) is 12.0. The van der Waals surface area contributed by atoms with E-state index < -0.39 is 0 Å². The summed E-state index contributed by atoms with van der Waals surface area (Å²) < 4.78 is 1.16. The van der Waals surface area contributed by atoms with Gasteiger partial charge in [-0.15, -0.1) is 0 Å². The number of halogens is 1. The smallest absolute Gasteiger partial charge is 0.188 e. The van der Waals surface area contributed by atoms with E-state index >= 15 is 0 Å². The topological polar surface area (TPSA) is 24.9 Å². The number of hydrogen-bond donors (Lipinski definition) is 1. The number of fused-ring (bicyclic) bond motifs is 1. The highest BCUT2D eigenvalue weighted by Crippen LogP contribution is 2.36. The number of thiazole rings is 1. The lowest BCUT2D eigenvalue weighted by Gasteiger charge is -2.01. The molecule has 0 bridgehead atoms. The Morgan fingerprint density at radius 2 is 1.89 bits per heavy atom. The Morgan fingerprint density at radius 1 is 1.16 bits per heavy atom. The van der Waals surface area contributed by atoms with Gasteiger partial charge in [0.05, 0.1) is 9.72 Å². The number of aromatic nitrogens is 1. The van der Waals surface area contributed by atoms with Crippen molar-refractivity contribution >= 4 is 44.0 Å². The first-order valence-corrected chi connectivity index (χ1v) is 7.23. The maximum Gasteiger partial charge on any atom is 0.188 e. The Morgan fingerprint density at radius 3 is 2.63 bits per heavy atom. The van der Waals surface area contributed by atoms with Crippen molar-refractivity contribution in [3.8, 4) is 0 Å². The van der Waals surface area contributed by atoms with Crippen LogP contribution in [0.25, 0.3) is 10.2 Å². The molecular formula is C15H13ClN2S. The minimum Gasteiger partial charge on any atom is -0.332 e. The number of para-hydroxylation sites is 1. The van der Waals surface area contributed by atoms with E-state index in [1.54, 1.807) is 11.3 Å². The average molecular weight is 289 g/mol. The molecule has 0 atom stereocenters. The van der Waals surface area contributed by atoms with Gasteiger partial charge in [-0.05, 0) is 43.2 Å². The summed E-state index contributed by atoms with van der Waals surface area (Å²) >= 11 is 7.91. The SMILES string of the molecule is Cc1cc(Cl)c2nc(Nc3ccccc3)sc2c1C. The lowest BCUT2D eigenvalue weighted by Crippen LogP contribution is -1.87. The van der Waals surface area contributed by atoms with Crippen molar-refractivity contribution in [2.24, 2.45) is 0 Å². The maximum absolute atomic E-state index is 6.27. The van der Waals surface area contributed by atoms with E-state index in [0.717, 1.165) is 26.1 Å². The van der Waals surface area contributed by atoms with E-state index in [9.17, 15) is 0 Å². The molecule has 1 heterocycles. The molecule has 0 radical (unpaired) electrons. The van der Waals surface area contributed by atoms with Gasteiger partial charge in [-0.1, -0.05) is 41.1 Å². The largest absolute Gasteiger partial charge is 0.332 e. The number of nitrogens with zero attached hydrogens (tertiary/aromatic N) is 1. The molecule has 2 aromatic carbocycles. The van der Waals surface area contributed by atoms with E-state index in [1.807, 2.05) is 36.4 Å². The fraction of sp³-hybridized carbons (Fsp3) is 0.133. The zero-order valence-corrected chi connectivity index (χ0v) is 12.3. The zero-order valence-electron chi connectivity index (χ0n) is 10.7. The van der Waals surface area contributed by atoms with E-state index in [4.69, 9.17) is 11.6 Å². The quantitative estimate of drug-likeness (QED) is 0.691. The Hall–Kier alpha value is -1.58. The van der Waals surface area contributed by atoms with Crippen LogP contribution in [-0.2, 0) is 0 Å². The van der Waals surface area contributed by atoms with Crippen molar-refractivity contribution < 1.29 is 0 Å². The van der Waals surface area contributed by atoms with Crippen LogP contribution >= 0.6 is 22.9 Å². The summed E-state index contributed by atoms with van der Waals surface area (Å²) in [4.78, 5) is 4.58. The van der Waals surface area contributed by atoms with Crippen LogP contribution in [0.4, 0.5) is 10.8 Å². The van der Waals surface area contributed by atoms with Gasteiger partial charge in [-0.2, -0.15) is 0 Å². The summed E-state index contributed by atoms with van der Waals surface area (Å²) in [5.41, 5.74) is 4.37. The van der Waals surface area contributed by atoms with Gasteiger partial charge in [0.1, 0.15) is 5.52 Å². The second-order valence-corrected chi connectivity index (χ2v) is 5.89.